The third-order valence-electron chi connectivity index (χ3n) is 2.88. The second kappa shape index (κ2) is 4.83. The van der Waals surface area contributed by atoms with Crippen LogP contribution in [0.15, 0.2) is 34.5 Å². The Labute approximate surface area is 119 Å². The predicted octanol–water partition coefficient (Wildman–Crippen LogP) is 3.54. The first kappa shape index (κ1) is 12.4. The highest BCUT2D eigenvalue weighted by atomic mass is 32.2. The standard InChI is InChI=1S/C14H11NO2S2/c1-8(16)15-10-2-3-11-12(6-10)19-7-9-4-5-18-14(9)13(11)17/h2-6H,7H2,1H3,(H,15,16). The average molecular weight is 289 g/mol. The van der Waals surface area contributed by atoms with Gasteiger partial charge in [0.2, 0.25) is 11.7 Å². The molecule has 0 radical (unpaired) electrons. The highest BCUT2D eigenvalue weighted by Crippen LogP contribution is 2.37. The molecule has 96 valence electrons. The van der Waals surface area contributed by atoms with Crippen molar-refractivity contribution in [1.29, 1.82) is 0 Å². The number of benzene rings is 1. The molecule has 1 aliphatic rings. The SMILES string of the molecule is CC(=O)Nc1ccc2c(c1)SCc1ccsc1C2=O. The summed E-state index contributed by atoms with van der Waals surface area (Å²) in [4.78, 5) is 25.3. The monoisotopic (exact) mass is 289 g/mol. The van der Waals surface area contributed by atoms with E-state index < -0.39 is 0 Å². The van der Waals surface area contributed by atoms with E-state index in [4.69, 9.17) is 0 Å². The van der Waals surface area contributed by atoms with Crippen molar-refractivity contribution in [2.75, 3.05) is 5.32 Å². The first-order valence-electron chi connectivity index (χ1n) is 5.80. The molecule has 19 heavy (non-hydrogen) atoms. The lowest BCUT2D eigenvalue weighted by Gasteiger charge is -2.07. The van der Waals surface area contributed by atoms with Gasteiger partial charge in [0, 0.05) is 28.8 Å². The number of ketones is 1. The van der Waals surface area contributed by atoms with E-state index in [0.717, 1.165) is 32.3 Å². The number of carbonyl (C=O) groups excluding carboxylic acids is 2. The fourth-order valence-corrected chi connectivity index (χ4v) is 4.08. The van der Waals surface area contributed by atoms with Crippen molar-refractivity contribution in [3.05, 3.63) is 45.6 Å². The summed E-state index contributed by atoms with van der Waals surface area (Å²) in [6.45, 7) is 1.47. The molecule has 1 amide bonds. The van der Waals surface area contributed by atoms with Crippen LogP contribution < -0.4 is 5.32 Å². The van der Waals surface area contributed by atoms with E-state index in [-0.39, 0.29) is 11.7 Å². The molecule has 3 rings (SSSR count). The Kier molecular flexibility index (Phi) is 3.16. The first-order valence-corrected chi connectivity index (χ1v) is 7.67. The van der Waals surface area contributed by atoms with Crippen LogP contribution in [-0.2, 0) is 10.5 Å². The largest absolute Gasteiger partial charge is 0.326 e. The second-order valence-electron chi connectivity index (χ2n) is 4.28. The van der Waals surface area contributed by atoms with E-state index in [9.17, 15) is 9.59 Å². The highest BCUT2D eigenvalue weighted by molar-refractivity contribution is 7.98. The third-order valence-corrected chi connectivity index (χ3v) is 4.94. The number of thioether (sulfide) groups is 1. The Hall–Kier alpha value is -1.59. The minimum Gasteiger partial charge on any atom is -0.326 e. The van der Waals surface area contributed by atoms with Crippen molar-refractivity contribution in [2.24, 2.45) is 0 Å². The second-order valence-corrected chi connectivity index (χ2v) is 6.22. The van der Waals surface area contributed by atoms with Gasteiger partial charge in [0.25, 0.3) is 0 Å². The van der Waals surface area contributed by atoms with Crippen LogP contribution in [0.1, 0.15) is 27.7 Å². The molecule has 0 aliphatic carbocycles. The minimum atomic E-state index is -0.107. The molecule has 2 aromatic rings. The Morgan fingerprint density at radius 3 is 2.95 bits per heavy atom. The van der Waals surface area contributed by atoms with E-state index >= 15 is 0 Å². The first-order chi connectivity index (χ1) is 9.15. The number of hydrogen-bond donors (Lipinski definition) is 1. The molecule has 0 atom stereocenters. The number of nitrogens with one attached hydrogen (secondary N) is 1. The Morgan fingerprint density at radius 2 is 2.16 bits per heavy atom. The van der Waals surface area contributed by atoms with Crippen LogP contribution in [0.25, 0.3) is 0 Å². The number of carbonyl (C=O) groups is 2. The Bertz CT molecular complexity index is 676. The fourth-order valence-electron chi connectivity index (χ4n) is 2.04. The summed E-state index contributed by atoms with van der Waals surface area (Å²) in [7, 11) is 0. The van der Waals surface area contributed by atoms with Gasteiger partial charge in [0.1, 0.15) is 0 Å². The average Bonchev–Trinajstić information content (AvgIpc) is 2.79. The molecule has 3 nitrogen and oxygen atoms in total. The molecule has 1 aromatic carbocycles. The van der Waals surface area contributed by atoms with E-state index in [2.05, 4.69) is 5.32 Å². The summed E-state index contributed by atoms with van der Waals surface area (Å²) in [5.41, 5.74) is 2.55. The Morgan fingerprint density at radius 1 is 1.32 bits per heavy atom. The topological polar surface area (TPSA) is 46.2 Å². The zero-order valence-corrected chi connectivity index (χ0v) is 11.9. The molecule has 0 bridgehead atoms. The molecule has 0 unspecified atom stereocenters. The van der Waals surface area contributed by atoms with Crippen molar-refractivity contribution in [1.82, 2.24) is 0 Å². The van der Waals surface area contributed by atoms with Gasteiger partial charge in [-0.2, -0.15) is 0 Å². The van der Waals surface area contributed by atoms with Crippen LogP contribution in [0.2, 0.25) is 0 Å². The van der Waals surface area contributed by atoms with Crippen molar-refractivity contribution in [3.8, 4) is 0 Å². The van der Waals surface area contributed by atoms with E-state index in [1.54, 1.807) is 23.9 Å². The molecule has 0 saturated heterocycles. The van der Waals surface area contributed by atoms with Crippen LogP contribution in [0, 0.1) is 0 Å². The molecule has 1 aliphatic heterocycles. The molecule has 5 heteroatoms. The van der Waals surface area contributed by atoms with Gasteiger partial charge < -0.3 is 5.32 Å². The highest BCUT2D eigenvalue weighted by Gasteiger charge is 2.22. The maximum absolute atomic E-state index is 12.4. The number of anilines is 1. The van der Waals surface area contributed by atoms with Crippen molar-refractivity contribution < 1.29 is 9.59 Å². The van der Waals surface area contributed by atoms with Gasteiger partial charge in [0.05, 0.1) is 4.88 Å². The number of rotatable bonds is 1. The zero-order valence-electron chi connectivity index (χ0n) is 10.2. The fraction of sp³-hybridized carbons (Fsp3) is 0.143. The quantitative estimate of drug-likeness (QED) is 0.873. The van der Waals surface area contributed by atoms with Crippen molar-refractivity contribution in [2.45, 2.75) is 17.6 Å². The molecule has 1 aromatic heterocycles. The third kappa shape index (κ3) is 2.31. The summed E-state index contributed by atoms with van der Waals surface area (Å²) in [5, 5.41) is 4.70. The van der Waals surface area contributed by atoms with Gasteiger partial charge >= 0.3 is 0 Å². The van der Waals surface area contributed by atoms with Gasteiger partial charge in [0.15, 0.2) is 0 Å². The van der Waals surface area contributed by atoms with Crippen molar-refractivity contribution >= 4 is 40.5 Å². The van der Waals surface area contributed by atoms with Crippen LogP contribution in [-0.4, -0.2) is 11.7 Å². The molecule has 1 N–H and O–H groups in total. The maximum Gasteiger partial charge on any atom is 0.221 e. The smallest absolute Gasteiger partial charge is 0.221 e. The summed E-state index contributed by atoms with van der Waals surface area (Å²) in [5.74, 6) is 0.768. The van der Waals surface area contributed by atoms with Gasteiger partial charge in [-0.15, -0.1) is 23.1 Å². The van der Waals surface area contributed by atoms with Crippen LogP contribution in [0.3, 0.4) is 0 Å². The van der Waals surface area contributed by atoms with E-state index in [0.29, 0.717) is 0 Å². The van der Waals surface area contributed by atoms with Gasteiger partial charge in [-0.3, -0.25) is 9.59 Å². The number of fused-ring (bicyclic) bond motifs is 2. The van der Waals surface area contributed by atoms with Crippen molar-refractivity contribution in [3.63, 3.8) is 0 Å². The summed E-state index contributed by atoms with van der Waals surface area (Å²) in [6.07, 6.45) is 0. The minimum absolute atomic E-state index is 0.0828. The summed E-state index contributed by atoms with van der Waals surface area (Å²) >= 11 is 3.13. The van der Waals surface area contributed by atoms with Gasteiger partial charge in [-0.1, -0.05) is 0 Å². The zero-order chi connectivity index (χ0) is 13.4. The Balaban J connectivity index is 2.03. The lowest BCUT2D eigenvalue weighted by Crippen LogP contribution is -2.07. The number of hydrogen-bond acceptors (Lipinski definition) is 4. The molecular weight excluding hydrogens is 278 g/mol. The van der Waals surface area contributed by atoms with Crippen LogP contribution in [0.5, 0.6) is 0 Å². The predicted molar refractivity (Wildman–Crippen MR) is 78.1 cm³/mol. The molecule has 0 spiro atoms. The maximum atomic E-state index is 12.4. The summed E-state index contributed by atoms with van der Waals surface area (Å²) < 4.78 is 0. The molecule has 0 saturated carbocycles. The van der Waals surface area contributed by atoms with E-state index in [1.807, 2.05) is 17.5 Å². The molecular formula is C14H11NO2S2. The molecule has 0 fully saturated rings. The normalized spacial score (nSPS) is 13.4. The summed E-state index contributed by atoms with van der Waals surface area (Å²) in [6, 6.07) is 7.45. The number of thiophene rings is 1. The lowest BCUT2D eigenvalue weighted by atomic mass is 10.1. The van der Waals surface area contributed by atoms with Crippen LogP contribution >= 0.6 is 23.1 Å². The lowest BCUT2D eigenvalue weighted by molar-refractivity contribution is -0.114. The number of amides is 1. The van der Waals surface area contributed by atoms with E-state index in [1.165, 1.54) is 18.3 Å². The van der Waals surface area contributed by atoms with Crippen LogP contribution in [0.4, 0.5) is 5.69 Å². The molecule has 2 heterocycles. The van der Waals surface area contributed by atoms with Gasteiger partial charge in [-0.25, -0.2) is 0 Å². The van der Waals surface area contributed by atoms with Gasteiger partial charge in [-0.05, 0) is 35.2 Å².